The molecule has 1 fully saturated rings. The molecule has 1 unspecified atom stereocenters. The van der Waals surface area contributed by atoms with Crippen LogP contribution in [-0.2, 0) is 22.5 Å². The normalized spacial score (nSPS) is 26.0. The Morgan fingerprint density at radius 1 is 1.24 bits per heavy atom. The van der Waals surface area contributed by atoms with Gasteiger partial charge in [-0.1, -0.05) is 36.9 Å². The van der Waals surface area contributed by atoms with Crippen LogP contribution in [0.3, 0.4) is 0 Å². The van der Waals surface area contributed by atoms with Crippen LogP contribution in [-0.4, -0.2) is 36.4 Å². The van der Waals surface area contributed by atoms with Gasteiger partial charge in [-0.25, -0.2) is 0 Å². The summed E-state index contributed by atoms with van der Waals surface area (Å²) < 4.78 is 24.4. The number of hydrogen-bond acceptors (Lipinski definition) is 4. The van der Waals surface area contributed by atoms with E-state index in [-0.39, 0.29) is 0 Å². The molecule has 0 aliphatic carbocycles. The number of hydrogen-bond donors (Lipinski definition) is 0. The molecule has 0 saturated carbocycles. The summed E-state index contributed by atoms with van der Waals surface area (Å²) in [6.45, 7) is 12.1. The summed E-state index contributed by atoms with van der Waals surface area (Å²) in [4.78, 5) is 0. The van der Waals surface area contributed by atoms with Crippen LogP contribution < -0.4 is 0 Å². The van der Waals surface area contributed by atoms with Gasteiger partial charge < -0.3 is 16.5 Å². The standard InChI is InChI=1S/C13H24O4Si4/c1-6-12-8-7-9-13(10-12)11-19-14-18-15-20(2,3)17-21(4,5)16-19/h6-10,19H,1,11,18H2,2-5H3. The molecule has 21 heavy (non-hydrogen) atoms. The van der Waals surface area contributed by atoms with E-state index in [2.05, 4.69) is 44.9 Å². The first-order valence-corrected chi connectivity index (χ1v) is 15.7. The topological polar surface area (TPSA) is 36.9 Å². The van der Waals surface area contributed by atoms with Crippen LogP contribution in [0.1, 0.15) is 11.1 Å². The van der Waals surface area contributed by atoms with E-state index in [9.17, 15) is 0 Å². The molecular weight excluding hydrogens is 332 g/mol. The van der Waals surface area contributed by atoms with Crippen molar-refractivity contribution < 1.29 is 16.5 Å². The molecule has 0 amide bonds. The molecule has 1 aromatic rings. The van der Waals surface area contributed by atoms with E-state index in [1.807, 2.05) is 18.2 Å². The van der Waals surface area contributed by atoms with E-state index < -0.39 is 36.4 Å². The smallest absolute Gasteiger partial charge is 0.313 e. The summed E-state index contributed by atoms with van der Waals surface area (Å²) in [6.07, 6.45) is 1.86. The second-order valence-electron chi connectivity index (χ2n) is 6.03. The Balaban J connectivity index is 2.07. The Morgan fingerprint density at radius 3 is 2.71 bits per heavy atom. The second-order valence-corrected chi connectivity index (χ2v) is 17.4. The zero-order valence-electron chi connectivity index (χ0n) is 13.2. The van der Waals surface area contributed by atoms with Crippen LogP contribution in [0.25, 0.3) is 6.08 Å². The third kappa shape index (κ3) is 5.42. The molecule has 0 spiro atoms. The van der Waals surface area contributed by atoms with Crippen molar-refractivity contribution in [2.24, 2.45) is 0 Å². The maximum Gasteiger partial charge on any atom is 0.313 e. The first kappa shape index (κ1) is 17.0. The Hall–Kier alpha value is -0.332. The fourth-order valence-electron chi connectivity index (χ4n) is 2.39. The van der Waals surface area contributed by atoms with Gasteiger partial charge >= 0.3 is 26.4 Å². The van der Waals surface area contributed by atoms with Crippen molar-refractivity contribution >= 4 is 42.5 Å². The summed E-state index contributed by atoms with van der Waals surface area (Å²) in [5.74, 6) is 0. The average molecular weight is 357 g/mol. The molecule has 4 nitrogen and oxygen atoms in total. The minimum atomic E-state index is -2.17. The van der Waals surface area contributed by atoms with Crippen molar-refractivity contribution in [1.29, 1.82) is 0 Å². The lowest BCUT2D eigenvalue weighted by Crippen LogP contribution is -2.55. The molecule has 0 N–H and O–H groups in total. The van der Waals surface area contributed by atoms with Crippen LogP contribution in [0, 0.1) is 0 Å². The average Bonchev–Trinajstić information content (AvgIpc) is 2.35. The first-order valence-electron chi connectivity index (χ1n) is 7.15. The van der Waals surface area contributed by atoms with Gasteiger partial charge in [0.05, 0.1) is 0 Å². The number of rotatable bonds is 3. The van der Waals surface area contributed by atoms with Gasteiger partial charge in [0, 0.05) is 6.04 Å². The molecule has 116 valence electrons. The molecular formula is C13H24O4Si4. The van der Waals surface area contributed by atoms with Gasteiger partial charge in [0.1, 0.15) is 0 Å². The molecule has 1 aliphatic rings. The van der Waals surface area contributed by atoms with Gasteiger partial charge in [-0.15, -0.1) is 0 Å². The maximum atomic E-state index is 6.29. The van der Waals surface area contributed by atoms with Crippen LogP contribution in [0.2, 0.25) is 26.2 Å². The quantitative estimate of drug-likeness (QED) is 0.777. The predicted octanol–water partition coefficient (Wildman–Crippen LogP) is 2.11. The van der Waals surface area contributed by atoms with Gasteiger partial charge in [-0.05, 0) is 37.3 Å². The highest BCUT2D eigenvalue weighted by molar-refractivity contribution is 6.84. The molecule has 0 bridgehead atoms. The van der Waals surface area contributed by atoms with Crippen molar-refractivity contribution in [1.82, 2.24) is 0 Å². The summed E-state index contributed by atoms with van der Waals surface area (Å²) in [5, 5.41) is 0. The van der Waals surface area contributed by atoms with Crippen molar-refractivity contribution in [3.8, 4) is 0 Å². The molecule has 0 aromatic heterocycles. The lowest BCUT2D eigenvalue weighted by Gasteiger charge is -2.38. The van der Waals surface area contributed by atoms with E-state index >= 15 is 0 Å². The first-order chi connectivity index (χ1) is 9.80. The van der Waals surface area contributed by atoms with Crippen molar-refractivity contribution in [3.63, 3.8) is 0 Å². The highest BCUT2D eigenvalue weighted by atomic mass is 28.5. The highest BCUT2D eigenvalue weighted by Gasteiger charge is 2.40. The van der Waals surface area contributed by atoms with Gasteiger partial charge in [0.25, 0.3) is 10.0 Å². The molecule has 1 heterocycles. The fraction of sp³-hybridized carbons (Fsp3) is 0.385. The molecule has 0 radical (unpaired) electrons. The summed E-state index contributed by atoms with van der Waals surface area (Å²) in [5.41, 5.74) is 2.36. The maximum absolute atomic E-state index is 6.29. The van der Waals surface area contributed by atoms with Crippen molar-refractivity contribution in [3.05, 3.63) is 42.0 Å². The lowest BCUT2D eigenvalue weighted by atomic mass is 10.1. The van der Waals surface area contributed by atoms with Crippen LogP contribution in [0.5, 0.6) is 0 Å². The number of benzene rings is 1. The summed E-state index contributed by atoms with van der Waals surface area (Å²) in [6, 6.07) is 9.20. The summed E-state index contributed by atoms with van der Waals surface area (Å²) >= 11 is 0. The third-order valence-corrected chi connectivity index (χ3v) is 16.5. The van der Waals surface area contributed by atoms with E-state index in [1.54, 1.807) is 0 Å². The van der Waals surface area contributed by atoms with Crippen molar-refractivity contribution in [2.45, 2.75) is 32.2 Å². The van der Waals surface area contributed by atoms with Crippen molar-refractivity contribution in [2.75, 3.05) is 0 Å². The van der Waals surface area contributed by atoms with Crippen LogP contribution in [0.4, 0.5) is 0 Å². The zero-order valence-corrected chi connectivity index (χ0v) is 17.8. The molecule has 1 saturated heterocycles. The van der Waals surface area contributed by atoms with Crippen LogP contribution >= 0.6 is 0 Å². The molecule has 1 aromatic carbocycles. The lowest BCUT2D eigenvalue weighted by molar-refractivity contribution is 0.271. The minimum absolute atomic E-state index is 0.847. The molecule has 1 atom stereocenters. The Labute approximate surface area is 133 Å². The molecule has 2 rings (SSSR count). The van der Waals surface area contributed by atoms with E-state index in [0.29, 0.717) is 0 Å². The van der Waals surface area contributed by atoms with E-state index in [0.717, 1.165) is 11.6 Å². The van der Waals surface area contributed by atoms with Gasteiger partial charge in [-0.3, -0.25) is 0 Å². The van der Waals surface area contributed by atoms with Gasteiger partial charge in [-0.2, -0.15) is 0 Å². The van der Waals surface area contributed by atoms with E-state index in [4.69, 9.17) is 16.5 Å². The highest BCUT2D eigenvalue weighted by Crippen LogP contribution is 2.21. The SMILES string of the molecule is C=Cc1cccc(C[SiH]2O[SiH2]O[Si](C)(C)O[Si](C)(C)O2)c1. The van der Waals surface area contributed by atoms with Gasteiger partial charge in [0.2, 0.25) is 0 Å². The second kappa shape index (κ2) is 6.83. The molecule has 8 heteroatoms. The van der Waals surface area contributed by atoms with E-state index in [1.165, 1.54) is 5.56 Å². The van der Waals surface area contributed by atoms with Crippen LogP contribution in [0.15, 0.2) is 30.8 Å². The minimum Gasteiger partial charge on any atom is -0.422 e. The monoisotopic (exact) mass is 356 g/mol. The fourth-order valence-corrected chi connectivity index (χ4v) is 16.0. The summed E-state index contributed by atoms with van der Waals surface area (Å²) in [7, 11) is -7.02. The largest absolute Gasteiger partial charge is 0.422 e. The Kier molecular flexibility index (Phi) is 5.54. The third-order valence-electron chi connectivity index (χ3n) is 3.16. The van der Waals surface area contributed by atoms with Gasteiger partial charge in [0.15, 0.2) is 0 Å². The Morgan fingerprint density at radius 2 is 2.00 bits per heavy atom. The predicted molar refractivity (Wildman–Crippen MR) is 95.2 cm³/mol. The zero-order chi connectivity index (χ0) is 15.5. The molecule has 1 aliphatic heterocycles. The Bertz CT molecular complexity index is 507.